The van der Waals surface area contributed by atoms with Crippen molar-refractivity contribution in [2.24, 2.45) is 17.3 Å². The van der Waals surface area contributed by atoms with Crippen LogP contribution in [-0.4, -0.2) is 96.1 Å². The van der Waals surface area contributed by atoms with E-state index in [4.69, 9.17) is 24.2 Å². The highest BCUT2D eigenvalue weighted by atomic mass is 19.4. The molecular formula is C38H40F3N3O10. The number of nitrogens with one attached hydrogen (secondary N) is 2. The van der Waals surface area contributed by atoms with Crippen molar-refractivity contribution in [1.29, 1.82) is 0 Å². The van der Waals surface area contributed by atoms with Gasteiger partial charge in [-0.25, -0.2) is 4.79 Å². The van der Waals surface area contributed by atoms with Crippen molar-refractivity contribution in [3.63, 3.8) is 0 Å². The maximum atomic E-state index is 14.6. The van der Waals surface area contributed by atoms with Gasteiger partial charge in [0.1, 0.15) is 29.8 Å². The molecular weight excluding hydrogens is 715 g/mol. The van der Waals surface area contributed by atoms with E-state index in [1.54, 1.807) is 48.5 Å². The molecule has 16 heteroatoms. The molecule has 2 bridgehead atoms. The van der Waals surface area contributed by atoms with Gasteiger partial charge in [0.2, 0.25) is 5.91 Å². The molecule has 0 spiro atoms. The number of nitrogens with zero attached hydrogens (tertiary/aromatic N) is 1. The fourth-order valence-corrected chi connectivity index (χ4v) is 8.39. The molecule has 3 saturated heterocycles. The molecule has 54 heavy (non-hydrogen) atoms. The van der Waals surface area contributed by atoms with Crippen LogP contribution in [0.3, 0.4) is 0 Å². The summed E-state index contributed by atoms with van der Waals surface area (Å²) in [6.07, 6.45) is -1.37. The Morgan fingerprint density at radius 3 is 2.39 bits per heavy atom. The van der Waals surface area contributed by atoms with E-state index in [1.807, 2.05) is 0 Å². The van der Waals surface area contributed by atoms with Crippen LogP contribution in [0.1, 0.15) is 59.2 Å². The number of halogens is 3. The number of aliphatic hydroxyl groups excluding tert-OH is 1. The summed E-state index contributed by atoms with van der Waals surface area (Å²) < 4.78 is 61.1. The van der Waals surface area contributed by atoms with E-state index in [0.29, 0.717) is 22.3 Å². The third-order valence-electron chi connectivity index (χ3n) is 11.1. The van der Waals surface area contributed by atoms with Crippen molar-refractivity contribution in [1.82, 2.24) is 15.7 Å². The molecule has 2 aromatic carbocycles. The maximum absolute atomic E-state index is 14.6. The van der Waals surface area contributed by atoms with E-state index >= 15 is 0 Å². The van der Waals surface area contributed by atoms with Gasteiger partial charge in [0, 0.05) is 43.0 Å². The minimum atomic E-state index is -4.63. The summed E-state index contributed by atoms with van der Waals surface area (Å²) in [5.74, 6) is -2.94. The highest BCUT2D eigenvalue weighted by Gasteiger charge is 2.78. The number of fused-ring (bicyclic) bond motifs is 4. The number of carbonyl (C=O) groups is 4. The van der Waals surface area contributed by atoms with Crippen molar-refractivity contribution in [2.45, 2.75) is 87.6 Å². The van der Waals surface area contributed by atoms with Crippen LogP contribution in [0.4, 0.5) is 13.2 Å². The number of benzene rings is 2. The molecule has 3 heterocycles. The molecule has 6 aliphatic rings. The van der Waals surface area contributed by atoms with Crippen molar-refractivity contribution in [2.75, 3.05) is 19.8 Å². The summed E-state index contributed by atoms with van der Waals surface area (Å²) in [4.78, 5) is 59.5. The number of rotatable bonds is 13. The summed E-state index contributed by atoms with van der Waals surface area (Å²) in [6, 6.07) is 12.3. The maximum Gasteiger partial charge on any atom is 0.422 e. The lowest BCUT2D eigenvalue weighted by Gasteiger charge is -2.48. The van der Waals surface area contributed by atoms with E-state index in [2.05, 4.69) is 15.4 Å². The zero-order valence-electron chi connectivity index (χ0n) is 29.1. The molecule has 8 rings (SSSR count). The molecule has 3 saturated carbocycles. The Hall–Kier alpha value is -4.35. The topological polar surface area (TPSA) is 162 Å². The highest BCUT2D eigenvalue weighted by Crippen LogP contribution is 2.63. The third-order valence-corrected chi connectivity index (χ3v) is 11.1. The lowest BCUT2D eigenvalue weighted by molar-refractivity contribution is -0.235. The Labute approximate surface area is 308 Å². The van der Waals surface area contributed by atoms with Crippen LogP contribution >= 0.6 is 0 Å². The van der Waals surface area contributed by atoms with Gasteiger partial charge in [0.15, 0.2) is 18.4 Å². The van der Waals surface area contributed by atoms with Crippen molar-refractivity contribution < 1.29 is 61.2 Å². The second kappa shape index (κ2) is 14.1. The lowest BCUT2D eigenvalue weighted by Crippen LogP contribution is -2.69. The Bertz CT molecular complexity index is 1820. The van der Waals surface area contributed by atoms with Crippen LogP contribution in [0, 0.1) is 17.3 Å². The smallest absolute Gasteiger partial charge is 0.422 e. The van der Waals surface area contributed by atoms with E-state index in [9.17, 15) is 32.3 Å². The lowest BCUT2D eigenvalue weighted by atomic mass is 9.62. The second-order valence-corrected chi connectivity index (χ2v) is 14.8. The van der Waals surface area contributed by atoms with E-state index in [0.717, 1.165) is 31.8 Å². The second-order valence-electron chi connectivity index (χ2n) is 14.8. The zero-order valence-corrected chi connectivity index (χ0v) is 29.1. The fraction of sp³-hybridized carbons (Fsp3) is 0.526. The molecule has 6 unspecified atom stereocenters. The molecule has 2 amide bonds. The normalized spacial score (nSPS) is 29.8. The van der Waals surface area contributed by atoms with Crippen LogP contribution in [0.15, 0.2) is 54.6 Å². The van der Waals surface area contributed by atoms with E-state index in [1.165, 1.54) is 11.1 Å². The van der Waals surface area contributed by atoms with Gasteiger partial charge in [0.25, 0.3) is 5.91 Å². The number of alkyl halides is 3. The van der Waals surface area contributed by atoms with Crippen LogP contribution in [-0.2, 0) is 51.3 Å². The quantitative estimate of drug-likeness (QED) is 0.204. The highest BCUT2D eigenvalue weighted by molar-refractivity contribution is 5.95. The average Bonchev–Trinajstić information content (AvgIpc) is 4.10. The Balaban J connectivity index is 1.04. The molecule has 0 aromatic heterocycles. The van der Waals surface area contributed by atoms with Crippen molar-refractivity contribution >= 4 is 29.8 Å². The minimum Gasteiger partial charge on any atom is -0.458 e. The molecule has 6 atom stereocenters. The predicted molar refractivity (Wildman–Crippen MR) is 179 cm³/mol. The first-order valence-corrected chi connectivity index (χ1v) is 18.2. The zero-order chi connectivity index (χ0) is 37.8. The van der Waals surface area contributed by atoms with E-state index < -0.39 is 72.3 Å². The predicted octanol–water partition coefficient (Wildman–Crippen LogP) is 2.94. The molecule has 6 fully saturated rings. The van der Waals surface area contributed by atoms with Gasteiger partial charge in [-0.3, -0.25) is 19.2 Å². The largest absolute Gasteiger partial charge is 0.458 e. The van der Waals surface area contributed by atoms with E-state index in [-0.39, 0.29) is 50.4 Å². The van der Waals surface area contributed by atoms with Gasteiger partial charge in [-0.1, -0.05) is 36.4 Å². The monoisotopic (exact) mass is 755 g/mol. The minimum absolute atomic E-state index is 0.0547. The molecule has 2 aromatic rings. The molecule has 3 aliphatic carbocycles. The summed E-state index contributed by atoms with van der Waals surface area (Å²) in [5, 5.41) is 16.2. The average molecular weight is 756 g/mol. The van der Waals surface area contributed by atoms with Crippen molar-refractivity contribution in [3.05, 3.63) is 76.9 Å². The SMILES string of the molecule is O=C(C=Cc1ccc(CN2OC3C4OC(C5CC5)(C5CC5)OC4C4CC3(C(=O)NCc3cccc(C(=O)NCCO)c3)C2C(=O)O4)cc1)OCC(F)(F)F. The van der Waals surface area contributed by atoms with Crippen LogP contribution in [0.5, 0.6) is 0 Å². The van der Waals surface area contributed by atoms with Crippen LogP contribution in [0.25, 0.3) is 6.08 Å². The first-order valence-electron chi connectivity index (χ1n) is 18.2. The number of ether oxygens (including phenoxy) is 4. The van der Waals surface area contributed by atoms with Gasteiger partial charge in [0.05, 0.1) is 13.2 Å². The summed E-state index contributed by atoms with van der Waals surface area (Å²) in [5.41, 5.74) is 0.789. The number of carbonyl (C=O) groups excluding carboxylic acids is 4. The van der Waals surface area contributed by atoms with Gasteiger partial charge < -0.3 is 34.7 Å². The number of hydrogen-bond acceptors (Lipinski definition) is 11. The van der Waals surface area contributed by atoms with Gasteiger partial charge in [-0.15, -0.1) is 0 Å². The number of hydroxylamine groups is 2. The van der Waals surface area contributed by atoms with Crippen LogP contribution in [0.2, 0.25) is 0 Å². The molecule has 288 valence electrons. The number of aliphatic hydroxyl groups is 1. The summed E-state index contributed by atoms with van der Waals surface area (Å²) >= 11 is 0. The first kappa shape index (κ1) is 36.6. The summed E-state index contributed by atoms with van der Waals surface area (Å²) in [6.45, 7) is -1.67. The molecule has 3 N–H and O–H groups in total. The van der Waals surface area contributed by atoms with Gasteiger partial charge in [-0.2, -0.15) is 18.2 Å². The third kappa shape index (κ3) is 6.89. The summed E-state index contributed by atoms with van der Waals surface area (Å²) in [7, 11) is 0. The first-order chi connectivity index (χ1) is 25.9. The fourth-order valence-electron chi connectivity index (χ4n) is 8.39. The standard InChI is InChI=1S/C38H40F3N3O10/c39-37(40,41)20-50-28(46)13-8-21-4-6-22(7-5-21)19-44-31-34(48)51-27-17-36(31,35(49)43-18-23-2-1-3-24(16-23)33(47)42-14-15-45)32(54-44)30-29(27)52-38(53-30,25-9-10-25)26-11-12-26/h1-8,13,16,25-27,29-32,45H,9-12,14-15,17-20H2,(H,42,47)(H,43,49). The Kier molecular flexibility index (Phi) is 9.53. The van der Waals surface area contributed by atoms with Gasteiger partial charge in [-0.05, 0) is 60.6 Å². The number of amides is 2. The molecule has 0 radical (unpaired) electrons. The van der Waals surface area contributed by atoms with Gasteiger partial charge >= 0.3 is 18.1 Å². The number of esters is 2. The Morgan fingerprint density at radius 1 is 0.981 bits per heavy atom. The van der Waals surface area contributed by atoms with Crippen LogP contribution < -0.4 is 10.6 Å². The van der Waals surface area contributed by atoms with Crippen molar-refractivity contribution in [3.8, 4) is 0 Å². The number of hydrogen-bond donors (Lipinski definition) is 3. The molecule has 13 nitrogen and oxygen atoms in total. The Morgan fingerprint density at radius 2 is 1.70 bits per heavy atom. The molecule has 3 aliphatic heterocycles.